The Morgan fingerprint density at radius 1 is 0.571 bits per heavy atom. The van der Waals surface area contributed by atoms with Crippen LogP contribution >= 0.6 is 10.0 Å². The summed E-state index contributed by atoms with van der Waals surface area (Å²) in [5, 5.41) is 4.94. The maximum Gasteiger partial charge on any atom is 0.0586 e. The average Bonchev–Trinajstić information content (AvgIpc) is 3.40. The Hall–Kier alpha value is -7.07. The number of allylic oxidation sites excluding steroid dienone is 6. The van der Waals surface area contributed by atoms with E-state index in [0.717, 1.165) is 16.8 Å². The van der Waals surface area contributed by atoms with E-state index in [1.807, 2.05) is 0 Å². The minimum Gasteiger partial charge on any atom is -0.309 e. The van der Waals surface area contributed by atoms with E-state index in [2.05, 4.69) is 250 Å². The van der Waals surface area contributed by atoms with Crippen LogP contribution in [0.5, 0.6) is 0 Å². The Morgan fingerprint density at radius 3 is 1.73 bits per heavy atom. The molecular formula is C60H50N2S. The van der Waals surface area contributed by atoms with Crippen molar-refractivity contribution in [3.8, 4) is 0 Å². The first-order chi connectivity index (χ1) is 30.6. The van der Waals surface area contributed by atoms with E-state index in [1.165, 1.54) is 93.2 Å². The number of anilines is 6. The molecule has 0 unspecified atom stereocenters. The van der Waals surface area contributed by atoms with Gasteiger partial charge in [-0.3, -0.25) is 0 Å². The third-order valence-electron chi connectivity index (χ3n) is 13.5. The summed E-state index contributed by atoms with van der Waals surface area (Å²) in [6.07, 6.45) is 18.2. The van der Waals surface area contributed by atoms with Gasteiger partial charge in [0.2, 0.25) is 0 Å². The Morgan fingerprint density at radius 2 is 1.10 bits per heavy atom. The Balaban J connectivity index is 0.883. The second kappa shape index (κ2) is 14.8. The molecule has 63 heavy (non-hydrogen) atoms. The Bertz CT molecular complexity index is 3240. The van der Waals surface area contributed by atoms with Crippen LogP contribution in [0.25, 0.3) is 45.3 Å². The first-order valence-corrected chi connectivity index (χ1v) is 24.3. The van der Waals surface area contributed by atoms with Crippen molar-refractivity contribution in [3.63, 3.8) is 0 Å². The molecule has 0 saturated heterocycles. The van der Waals surface area contributed by atoms with Crippen molar-refractivity contribution in [3.05, 3.63) is 228 Å². The summed E-state index contributed by atoms with van der Waals surface area (Å²) in [6, 6.07) is 60.5. The number of benzene rings is 8. The first kappa shape index (κ1) is 38.8. The molecule has 3 aliphatic rings. The third-order valence-corrected chi connectivity index (χ3v) is 16.4. The van der Waals surface area contributed by atoms with Crippen molar-refractivity contribution in [2.45, 2.75) is 36.0 Å². The summed E-state index contributed by atoms with van der Waals surface area (Å²) < 4.78 is 0. The molecule has 11 rings (SSSR count). The van der Waals surface area contributed by atoms with Crippen molar-refractivity contribution in [1.29, 1.82) is 0 Å². The zero-order chi connectivity index (χ0) is 43.0. The largest absolute Gasteiger partial charge is 0.309 e. The van der Waals surface area contributed by atoms with Gasteiger partial charge in [-0.05, 0) is 152 Å². The molecule has 0 amide bonds. The molecule has 0 aromatic heterocycles. The van der Waals surface area contributed by atoms with Crippen LogP contribution in [-0.2, 0) is 5.41 Å². The van der Waals surface area contributed by atoms with Crippen molar-refractivity contribution in [2.24, 2.45) is 0 Å². The van der Waals surface area contributed by atoms with Gasteiger partial charge in [0, 0.05) is 26.6 Å². The predicted molar refractivity (Wildman–Crippen MR) is 275 cm³/mol. The third kappa shape index (κ3) is 6.25. The average molecular weight is 831 g/mol. The number of rotatable bonds is 5. The number of para-hydroxylation sites is 4. The van der Waals surface area contributed by atoms with Crippen molar-refractivity contribution in [1.82, 2.24) is 0 Å². The minimum atomic E-state index is -1.16. The molecule has 1 aliphatic carbocycles. The summed E-state index contributed by atoms with van der Waals surface area (Å²) in [4.78, 5) is 7.72. The summed E-state index contributed by atoms with van der Waals surface area (Å²) in [5.41, 5.74) is 16.8. The molecule has 3 heteroatoms. The highest BCUT2D eigenvalue weighted by molar-refractivity contribution is 8.33. The topological polar surface area (TPSA) is 6.48 Å². The molecule has 2 aliphatic heterocycles. The zero-order valence-corrected chi connectivity index (χ0v) is 37.4. The normalized spacial score (nSPS) is 17.3. The second-order valence-corrected chi connectivity index (χ2v) is 21.4. The molecule has 8 aromatic rings. The van der Waals surface area contributed by atoms with Gasteiger partial charge in [0.05, 0.1) is 22.7 Å². The molecule has 2 nitrogen and oxygen atoms in total. The number of nitrogens with zero attached hydrogens (tertiary/aromatic N) is 2. The van der Waals surface area contributed by atoms with Crippen LogP contribution in [0, 0.1) is 0 Å². The molecule has 8 aromatic carbocycles. The molecule has 0 bridgehead atoms. The standard InChI is InChI=1S/C60H50N2S/c1-7-48-51-35-32-47(62-56-20-12-14-22-58(56)63(5,6)59-23-15-13-21-57(59)62)39-53(51)60(3,4)52(48)36-40(2)24-25-41-26-33-49-44(37-41)29-30-45-38-46(31-34-50(45)49)61-54-18-10-8-16-42(54)27-28-43-17-9-11-19-55(43)61/h7-39H,2H2,1,3-6H3/b25-24+,48-7-,52-36+. The summed E-state index contributed by atoms with van der Waals surface area (Å²) >= 11 is 0. The van der Waals surface area contributed by atoms with E-state index in [0.29, 0.717) is 0 Å². The predicted octanol–water partition coefficient (Wildman–Crippen LogP) is 17.1. The Kier molecular flexibility index (Phi) is 9.11. The van der Waals surface area contributed by atoms with Crippen LogP contribution in [0.4, 0.5) is 34.1 Å². The smallest absolute Gasteiger partial charge is 0.0586 e. The van der Waals surface area contributed by atoms with E-state index < -0.39 is 10.0 Å². The van der Waals surface area contributed by atoms with Crippen LogP contribution in [-0.4, -0.2) is 12.5 Å². The van der Waals surface area contributed by atoms with E-state index in [1.54, 1.807) is 0 Å². The summed E-state index contributed by atoms with van der Waals surface area (Å²) in [7, 11) is -1.16. The van der Waals surface area contributed by atoms with Gasteiger partial charge >= 0.3 is 0 Å². The van der Waals surface area contributed by atoms with E-state index in [9.17, 15) is 0 Å². The van der Waals surface area contributed by atoms with Gasteiger partial charge in [-0.1, -0.05) is 154 Å². The molecule has 2 heterocycles. The lowest BCUT2D eigenvalue weighted by Crippen LogP contribution is -2.21. The first-order valence-electron chi connectivity index (χ1n) is 21.9. The van der Waals surface area contributed by atoms with Gasteiger partial charge in [0.15, 0.2) is 0 Å². The van der Waals surface area contributed by atoms with Gasteiger partial charge in [-0.15, -0.1) is 0 Å². The van der Waals surface area contributed by atoms with Gasteiger partial charge in [0.1, 0.15) is 0 Å². The van der Waals surface area contributed by atoms with Crippen molar-refractivity contribution >= 4 is 89.5 Å². The summed E-state index contributed by atoms with van der Waals surface area (Å²) in [5.74, 6) is 0. The number of fused-ring (bicyclic) bond motifs is 8. The van der Waals surface area contributed by atoms with Gasteiger partial charge in [-0.25, -0.2) is 0 Å². The van der Waals surface area contributed by atoms with Crippen LogP contribution in [0.15, 0.2) is 210 Å². The van der Waals surface area contributed by atoms with E-state index in [-0.39, 0.29) is 5.41 Å². The second-order valence-electron chi connectivity index (χ2n) is 17.9. The lowest BCUT2D eigenvalue weighted by atomic mass is 9.81. The van der Waals surface area contributed by atoms with Crippen LogP contribution in [0.1, 0.15) is 48.6 Å². The fraction of sp³-hybridized carbons (Fsp3) is 0.100. The SMILES string of the molecule is C=C(/C=C1\C(=C/C)c2ccc(N3c4ccccc4S(C)(C)c4ccccc43)cc2C1(C)C)/C=C/c1ccc2c(ccc3cc(N4c5ccccc5C=Cc5ccccc54)ccc32)c1. The minimum absolute atomic E-state index is 0.218. The summed E-state index contributed by atoms with van der Waals surface area (Å²) in [6.45, 7) is 11.4. The highest BCUT2D eigenvalue weighted by Crippen LogP contribution is 2.67. The van der Waals surface area contributed by atoms with Crippen molar-refractivity contribution in [2.75, 3.05) is 22.3 Å². The van der Waals surface area contributed by atoms with Crippen molar-refractivity contribution < 1.29 is 0 Å². The Labute approximate surface area is 373 Å². The maximum absolute atomic E-state index is 4.56. The maximum atomic E-state index is 4.56. The number of hydrogen-bond acceptors (Lipinski definition) is 2. The van der Waals surface area contributed by atoms with Crippen LogP contribution in [0.3, 0.4) is 0 Å². The molecule has 0 saturated carbocycles. The lowest BCUT2D eigenvalue weighted by Gasteiger charge is -2.45. The van der Waals surface area contributed by atoms with E-state index >= 15 is 0 Å². The molecule has 0 spiro atoms. The molecular weight excluding hydrogens is 781 g/mol. The molecule has 0 atom stereocenters. The molecule has 0 radical (unpaired) electrons. The molecule has 306 valence electrons. The zero-order valence-electron chi connectivity index (χ0n) is 36.6. The van der Waals surface area contributed by atoms with Gasteiger partial charge in [-0.2, -0.15) is 10.0 Å². The molecule has 0 fully saturated rings. The van der Waals surface area contributed by atoms with Crippen LogP contribution in [0.2, 0.25) is 0 Å². The quantitative estimate of drug-likeness (QED) is 0.126. The monoisotopic (exact) mass is 830 g/mol. The van der Waals surface area contributed by atoms with Gasteiger partial charge < -0.3 is 9.80 Å². The van der Waals surface area contributed by atoms with Crippen LogP contribution < -0.4 is 9.80 Å². The number of hydrogen-bond donors (Lipinski definition) is 0. The highest BCUT2D eigenvalue weighted by Gasteiger charge is 2.39. The lowest BCUT2D eigenvalue weighted by molar-refractivity contribution is 0.660. The van der Waals surface area contributed by atoms with E-state index in [4.69, 9.17) is 0 Å². The van der Waals surface area contributed by atoms with Gasteiger partial charge in [0.25, 0.3) is 0 Å². The fourth-order valence-corrected chi connectivity index (χ4v) is 12.7. The fourth-order valence-electron chi connectivity index (χ4n) is 10.3. The molecule has 0 N–H and O–H groups in total. The highest BCUT2D eigenvalue weighted by atomic mass is 32.3.